The largest absolute Gasteiger partial charge is 0.495 e. The van der Waals surface area contributed by atoms with Crippen molar-refractivity contribution in [3.63, 3.8) is 0 Å². The van der Waals surface area contributed by atoms with Crippen molar-refractivity contribution in [2.75, 3.05) is 7.11 Å². The van der Waals surface area contributed by atoms with Crippen LogP contribution in [0.4, 0.5) is 0 Å². The summed E-state index contributed by atoms with van der Waals surface area (Å²) in [7, 11) is 1.62. The average molecular weight is 278 g/mol. The lowest BCUT2D eigenvalue weighted by atomic mass is 9.98. The highest BCUT2D eigenvalue weighted by atomic mass is 35.5. The van der Waals surface area contributed by atoms with E-state index in [1.165, 1.54) is 0 Å². The Kier molecular flexibility index (Phi) is 7.60. The summed E-state index contributed by atoms with van der Waals surface area (Å²) >= 11 is 5.96. The molecule has 0 aliphatic carbocycles. The number of methoxy groups -OCH3 is 1. The Morgan fingerprint density at radius 1 is 1.29 bits per heavy atom. The van der Waals surface area contributed by atoms with Crippen molar-refractivity contribution in [2.45, 2.75) is 32.7 Å². The van der Waals surface area contributed by atoms with Crippen LogP contribution in [0.1, 0.15) is 38.3 Å². The molecule has 0 aliphatic rings. The van der Waals surface area contributed by atoms with E-state index in [2.05, 4.69) is 13.8 Å². The molecule has 0 amide bonds. The van der Waals surface area contributed by atoms with Crippen LogP contribution in [0.25, 0.3) is 0 Å². The molecular formula is C13H21Cl2NO. The molecule has 1 aromatic carbocycles. The highest BCUT2D eigenvalue weighted by molar-refractivity contribution is 6.32. The lowest BCUT2D eigenvalue weighted by molar-refractivity contribution is 0.413. The Bertz CT molecular complexity index is 342. The molecule has 1 rings (SSSR count). The van der Waals surface area contributed by atoms with Crippen LogP contribution in [0.2, 0.25) is 5.02 Å². The zero-order valence-corrected chi connectivity index (χ0v) is 12.1. The lowest BCUT2D eigenvalue weighted by Gasteiger charge is -2.15. The van der Waals surface area contributed by atoms with Gasteiger partial charge in [-0.3, -0.25) is 0 Å². The second-order valence-corrected chi connectivity index (χ2v) is 4.88. The minimum Gasteiger partial charge on any atom is -0.495 e. The van der Waals surface area contributed by atoms with Gasteiger partial charge in [0.2, 0.25) is 0 Å². The highest BCUT2D eigenvalue weighted by Gasteiger charge is 2.09. The topological polar surface area (TPSA) is 35.2 Å². The van der Waals surface area contributed by atoms with Crippen LogP contribution < -0.4 is 10.5 Å². The number of halogens is 2. The molecule has 0 spiro atoms. The van der Waals surface area contributed by atoms with E-state index in [0.29, 0.717) is 16.7 Å². The Morgan fingerprint density at radius 3 is 2.47 bits per heavy atom. The number of rotatable bonds is 5. The van der Waals surface area contributed by atoms with E-state index in [9.17, 15) is 0 Å². The first-order chi connectivity index (χ1) is 7.54. The van der Waals surface area contributed by atoms with Crippen LogP contribution in [0.5, 0.6) is 5.75 Å². The molecule has 0 unspecified atom stereocenters. The smallest absolute Gasteiger partial charge is 0.137 e. The lowest BCUT2D eigenvalue weighted by Crippen LogP contribution is -2.11. The monoisotopic (exact) mass is 277 g/mol. The molecular weight excluding hydrogens is 257 g/mol. The van der Waals surface area contributed by atoms with Gasteiger partial charge in [-0.1, -0.05) is 31.5 Å². The predicted molar refractivity (Wildman–Crippen MR) is 76.3 cm³/mol. The van der Waals surface area contributed by atoms with E-state index in [1.807, 2.05) is 18.2 Å². The summed E-state index contributed by atoms with van der Waals surface area (Å²) in [6.07, 6.45) is 2.12. The first-order valence-electron chi connectivity index (χ1n) is 5.63. The van der Waals surface area contributed by atoms with E-state index in [1.54, 1.807) is 7.11 Å². The van der Waals surface area contributed by atoms with Gasteiger partial charge >= 0.3 is 0 Å². The summed E-state index contributed by atoms with van der Waals surface area (Å²) in [6.45, 7) is 4.41. The maximum atomic E-state index is 6.12. The fourth-order valence-electron chi connectivity index (χ4n) is 1.59. The Hall–Kier alpha value is -0.440. The van der Waals surface area contributed by atoms with Crippen LogP contribution in [0.3, 0.4) is 0 Å². The van der Waals surface area contributed by atoms with Crippen LogP contribution in [-0.4, -0.2) is 7.11 Å². The van der Waals surface area contributed by atoms with Crippen LogP contribution in [0.15, 0.2) is 18.2 Å². The standard InChI is InChI=1S/C13H20ClNO.ClH/c1-9(2)4-7-12(15)10-5-6-11(14)13(8-10)16-3;/h5-6,8-9,12H,4,7,15H2,1-3H3;1H/t12-;/m0./s1. The number of ether oxygens (including phenoxy) is 1. The van der Waals surface area contributed by atoms with E-state index < -0.39 is 0 Å². The summed E-state index contributed by atoms with van der Waals surface area (Å²) in [5.41, 5.74) is 7.20. The molecule has 0 bridgehead atoms. The van der Waals surface area contributed by atoms with Gasteiger partial charge in [0.05, 0.1) is 12.1 Å². The molecule has 17 heavy (non-hydrogen) atoms. The molecule has 4 heteroatoms. The van der Waals surface area contributed by atoms with Crippen molar-refractivity contribution in [1.29, 1.82) is 0 Å². The minimum absolute atomic E-state index is 0. The Labute approximate surface area is 115 Å². The number of nitrogens with two attached hydrogens (primary N) is 1. The molecule has 0 heterocycles. The molecule has 1 aromatic rings. The first-order valence-corrected chi connectivity index (χ1v) is 6.01. The van der Waals surface area contributed by atoms with Crippen molar-refractivity contribution in [3.8, 4) is 5.75 Å². The van der Waals surface area contributed by atoms with Crippen molar-refractivity contribution >= 4 is 24.0 Å². The van der Waals surface area contributed by atoms with Gasteiger partial charge in [0.1, 0.15) is 5.75 Å². The van der Waals surface area contributed by atoms with Gasteiger partial charge in [0.25, 0.3) is 0 Å². The van der Waals surface area contributed by atoms with Gasteiger partial charge in [0.15, 0.2) is 0 Å². The molecule has 0 saturated carbocycles. The maximum Gasteiger partial charge on any atom is 0.137 e. The zero-order valence-electron chi connectivity index (χ0n) is 10.6. The molecule has 0 saturated heterocycles. The fourth-order valence-corrected chi connectivity index (χ4v) is 1.78. The van der Waals surface area contributed by atoms with Crippen LogP contribution in [0, 0.1) is 5.92 Å². The van der Waals surface area contributed by atoms with Crippen molar-refractivity contribution in [2.24, 2.45) is 11.7 Å². The molecule has 0 radical (unpaired) electrons. The van der Waals surface area contributed by atoms with Crippen molar-refractivity contribution in [3.05, 3.63) is 28.8 Å². The molecule has 2 N–H and O–H groups in total. The van der Waals surface area contributed by atoms with E-state index in [4.69, 9.17) is 22.1 Å². The summed E-state index contributed by atoms with van der Waals surface area (Å²) in [5, 5.41) is 0.627. The van der Waals surface area contributed by atoms with Gasteiger partial charge < -0.3 is 10.5 Å². The van der Waals surface area contributed by atoms with E-state index in [-0.39, 0.29) is 18.4 Å². The first kappa shape index (κ1) is 16.6. The van der Waals surface area contributed by atoms with Gasteiger partial charge in [-0.05, 0) is 36.5 Å². The number of hydrogen-bond donors (Lipinski definition) is 1. The normalized spacial score (nSPS) is 12.1. The fraction of sp³-hybridized carbons (Fsp3) is 0.538. The molecule has 2 nitrogen and oxygen atoms in total. The summed E-state index contributed by atoms with van der Waals surface area (Å²) in [6, 6.07) is 5.79. The third kappa shape index (κ3) is 5.15. The molecule has 0 aromatic heterocycles. The quantitative estimate of drug-likeness (QED) is 0.875. The Morgan fingerprint density at radius 2 is 1.94 bits per heavy atom. The van der Waals surface area contributed by atoms with Crippen LogP contribution >= 0.6 is 24.0 Å². The highest BCUT2D eigenvalue weighted by Crippen LogP contribution is 2.28. The molecule has 98 valence electrons. The van der Waals surface area contributed by atoms with Crippen molar-refractivity contribution in [1.82, 2.24) is 0 Å². The predicted octanol–water partition coefficient (Wildman–Crippen LogP) is 4.21. The van der Waals surface area contributed by atoms with Crippen LogP contribution in [-0.2, 0) is 0 Å². The minimum atomic E-state index is 0. The SMILES string of the molecule is COc1cc([C@@H](N)CCC(C)C)ccc1Cl.Cl. The van der Waals surface area contributed by atoms with Gasteiger partial charge in [-0.25, -0.2) is 0 Å². The zero-order chi connectivity index (χ0) is 12.1. The van der Waals surface area contributed by atoms with Gasteiger partial charge in [0, 0.05) is 6.04 Å². The van der Waals surface area contributed by atoms with E-state index in [0.717, 1.165) is 18.4 Å². The Balaban J connectivity index is 0.00000256. The molecule has 1 atom stereocenters. The summed E-state index contributed by atoms with van der Waals surface area (Å²) in [4.78, 5) is 0. The molecule has 0 fully saturated rings. The third-order valence-electron chi connectivity index (χ3n) is 2.66. The van der Waals surface area contributed by atoms with E-state index >= 15 is 0 Å². The maximum absolute atomic E-state index is 6.12. The average Bonchev–Trinajstić information content (AvgIpc) is 2.26. The third-order valence-corrected chi connectivity index (χ3v) is 2.97. The number of hydrogen-bond acceptors (Lipinski definition) is 2. The van der Waals surface area contributed by atoms with Gasteiger partial charge in [-0.15, -0.1) is 12.4 Å². The second kappa shape index (κ2) is 7.80. The number of benzene rings is 1. The summed E-state index contributed by atoms with van der Waals surface area (Å²) in [5.74, 6) is 1.37. The summed E-state index contributed by atoms with van der Waals surface area (Å²) < 4.78 is 5.17. The second-order valence-electron chi connectivity index (χ2n) is 4.47. The van der Waals surface area contributed by atoms with Gasteiger partial charge in [-0.2, -0.15) is 0 Å². The van der Waals surface area contributed by atoms with Crippen molar-refractivity contribution < 1.29 is 4.74 Å². The molecule has 0 aliphatic heterocycles.